The number of carbonyl (C=O) groups is 2. The zero-order valence-corrected chi connectivity index (χ0v) is 17.8. The normalized spacial score (nSPS) is 16.0. The molecule has 0 aliphatic carbocycles. The lowest BCUT2D eigenvalue weighted by Crippen LogP contribution is -2.47. The van der Waals surface area contributed by atoms with Gasteiger partial charge in [0.15, 0.2) is 0 Å². The molecule has 148 valence electrons. The maximum atomic E-state index is 12.9. The number of thioether (sulfide) groups is 1. The van der Waals surface area contributed by atoms with Crippen molar-refractivity contribution in [1.29, 1.82) is 0 Å². The third-order valence-corrected chi connectivity index (χ3v) is 6.85. The SMILES string of the molecule is O=C(NCc1csc(-c2ccccc2)n1)C1CSCN1C(=O)c1ccccc1Cl. The third kappa shape index (κ3) is 4.47. The molecular formula is C21H18ClN3O2S2. The Hall–Kier alpha value is -2.35. The van der Waals surface area contributed by atoms with Gasteiger partial charge in [0.1, 0.15) is 11.0 Å². The Bertz CT molecular complexity index is 1030. The molecule has 3 aromatic rings. The summed E-state index contributed by atoms with van der Waals surface area (Å²) in [5.74, 6) is 0.635. The van der Waals surface area contributed by atoms with Gasteiger partial charge in [0.25, 0.3) is 5.91 Å². The molecule has 1 atom stereocenters. The van der Waals surface area contributed by atoms with Crippen molar-refractivity contribution in [2.24, 2.45) is 0 Å². The first-order chi connectivity index (χ1) is 14.1. The molecule has 5 nitrogen and oxygen atoms in total. The lowest BCUT2D eigenvalue weighted by Gasteiger charge is -2.23. The van der Waals surface area contributed by atoms with E-state index < -0.39 is 6.04 Å². The molecular weight excluding hydrogens is 426 g/mol. The molecule has 1 N–H and O–H groups in total. The van der Waals surface area contributed by atoms with Gasteiger partial charge in [-0.2, -0.15) is 0 Å². The number of aromatic nitrogens is 1. The Morgan fingerprint density at radius 1 is 1.14 bits per heavy atom. The minimum Gasteiger partial charge on any atom is -0.349 e. The standard InChI is InChI=1S/C21H18ClN3O2S2/c22-17-9-5-4-8-16(17)21(27)25-13-28-12-18(25)19(26)23-10-15-11-29-20(24-15)14-6-2-1-3-7-14/h1-9,11,18H,10,12-13H2,(H,23,26). The van der Waals surface area contributed by atoms with Gasteiger partial charge >= 0.3 is 0 Å². The maximum Gasteiger partial charge on any atom is 0.256 e. The van der Waals surface area contributed by atoms with E-state index >= 15 is 0 Å². The highest BCUT2D eigenvalue weighted by Crippen LogP contribution is 2.26. The van der Waals surface area contributed by atoms with Crippen LogP contribution < -0.4 is 5.32 Å². The van der Waals surface area contributed by atoms with Crippen LogP contribution in [0.3, 0.4) is 0 Å². The number of carbonyl (C=O) groups excluding carboxylic acids is 2. The predicted octanol–water partition coefficient (Wildman–Crippen LogP) is 4.30. The molecule has 2 aromatic carbocycles. The largest absolute Gasteiger partial charge is 0.349 e. The molecule has 2 heterocycles. The molecule has 1 aliphatic rings. The Labute approximate surface area is 182 Å². The highest BCUT2D eigenvalue weighted by molar-refractivity contribution is 7.99. The van der Waals surface area contributed by atoms with Gasteiger partial charge in [-0.25, -0.2) is 4.98 Å². The van der Waals surface area contributed by atoms with Crippen LogP contribution in [0.5, 0.6) is 0 Å². The van der Waals surface area contributed by atoms with Gasteiger partial charge in [-0.15, -0.1) is 23.1 Å². The van der Waals surface area contributed by atoms with E-state index in [4.69, 9.17) is 11.6 Å². The molecule has 1 saturated heterocycles. The molecule has 0 bridgehead atoms. The Balaban J connectivity index is 1.40. The summed E-state index contributed by atoms with van der Waals surface area (Å²) < 4.78 is 0. The molecule has 1 aromatic heterocycles. The van der Waals surface area contributed by atoms with Gasteiger partial charge in [-0.1, -0.05) is 54.1 Å². The van der Waals surface area contributed by atoms with Crippen LogP contribution >= 0.6 is 34.7 Å². The second-order valence-corrected chi connectivity index (χ2v) is 8.76. The molecule has 1 fully saturated rings. The van der Waals surface area contributed by atoms with Crippen molar-refractivity contribution >= 4 is 46.5 Å². The van der Waals surface area contributed by atoms with E-state index in [0.29, 0.717) is 28.8 Å². The molecule has 29 heavy (non-hydrogen) atoms. The van der Waals surface area contributed by atoms with Crippen molar-refractivity contribution < 1.29 is 9.59 Å². The van der Waals surface area contributed by atoms with E-state index in [0.717, 1.165) is 16.3 Å². The van der Waals surface area contributed by atoms with Gasteiger partial charge in [0, 0.05) is 16.7 Å². The summed E-state index contributed by atoms with van der Waals surface area (Å²) in [5.41, 5.74) is 2.28. The number of benzene rings is 2. The molecule has 0 saturated carbocycles. The van der Waals surface area contributed by atoms with Crippen LogP contribution in [0.4, 0.5) is 0 Å². The summed E-state index contributed by atoms with van der Waals surface area (Å²) in [6.07, 6.45) is 0. The molecule has 4 rings (SSSR count). The second kappa shape index (κ2) is 8.98. The third-order valence-electron chi connectivity index (χ3n) is 4.57. The molecule has 8 heteroatoms. The number of rotatable bonds is 5. The zero-order valence-electron chi connectivity index (χ0n) is 15.4. The Morgan fingerprint density at radius 2 is 1.90 bits per heavy atom. The topological polar surface area (TPSA) is 62.3 Å². The maximum absolute atomic E-state index is 12.9. The quantitative estimate of drug-likeness (QED) is 0.638. The number of nitrogens with zero attached hydrogens (tertiary/aromatic N) is 2. The molecule has 0 radical (unpaired) electrons. The van der Waals surface area contributed by atoms with Gasteiger partial charge < -0.3 is 10.2 Å². The lowest BCUT2D eigenvalue weighted by atomic mass is 10.1. The fourth-order valence-corrected chi connectivity index (χ4v) is 5.24. The highest BCUT2D eigenvalue weighted by atomic mass is 35.5. The van der Waals surface area contributed by atoms with Gasteiger partial charge in [-0.3, -0.25) is 9.59 Å². The predicted molar refractivity (Wildman–Crippen MR) is 118 cm³/mol. The van der Waals surface area contributed by atoms with Crippen molar-refractivity contribution in [3.8, 4) is 10.6 Å². The van der Waals surface area contributed by atoms with E-state index in [9.17, 15) is 9.59 Å². The van der Waals surface area contributed by atoms with Crippen molar-refractivity contribution in [1.82, 2.24) is 15.2 Å². The number of hydrogen-bond donors (Lipinski definition) is 1. The number of nitrogens with one attached hydrogen (secondary N) is 1. The Morgan fingerprint density at radius 3 is 2.69 bits per heavy atom. The van der Waals surface area contributed by atoms with Crippen molar-refractivity contribution in [2.75, 3.05) is 11.6 Å². The van der Waals surface area contributed by atoms with E-state index in [1.165, 1.54) is 0 Å². The van der Waals surface area contributed by atoms with E-state index in [1.807, 2.05) is 35.7 Å². The first-order valence-corrected chi connectivity index (χ1v) is 11.5. The fourth-order valence-electron chi connectivity index (χ4n) is 3.05. The van der Waals surface area contributed by atoms with Crippen LogP contribution in [-0.4, -0.2) is 39.4 Å². The summed E-state index contributed by atoms with van der Waals surface area (Å²) in [6.45, 7) is 0.331. The van der Waals surface area contributed by atoms with E-state index in [1.54, 1.807) is 52.3 Å². The van der Waals surface area contributed by atoms with E-state index in [-0.39, 0.29) is 11.8 Å². The molecule has 0 spiro atoms. The van der Waals surface area contributed by atoms with Crippen molar-refractivity contribution in [3.63, 3.8) is 0 Å². The van der Waals surface area contributed by atoms with Crippen molar-refractivity contribution in [2.45, 2.75) is 12.6 Å². The number of amides is 2. The minimum absolute atomic E-state index is 0.176. The summed E-state index contributed by atoms with van der Waals surface area (Å²) in [5, 5.41) is 6.18. The fraction of sp³-hybridized carbons (Fsp3) is 0.190. The summed E-state index contributed by atoms with van der Waals surface area (Å²) >= 11 is 9.26. The van der Waals surface area contributed by atoms with E-state index in [2.05, 4.69) is 10.3 Å². The van der Waals surface area contributed by atoms with Crippen LogP contribution in [0.2, 0.25) is 5.02 Å². The minimum atomic E-state index is -0.518. The second-order valence-electron chi connectivity index (χ2n) is 6.50. The summed E-state index contributed by atoms with van der Waals surface area (Å²) in [6, 6.07) is 16.3. The van der Waals surface area contributed by atoms with Gasteiger partial charge in [-0.05, 0) is 12.1 Å². The zero-order chi connectivity index (χ0) is 20.2. The number of hydrogen-bond acceptors (Lipinski definition) is 5. The number of halogens is 1. The van der Waals surface area contributed by atoms with Crippen LogP contribution in [0.25, 0.3) is 10.6 Å². The van der Waals surface area contributed by atoms with Gasteiger partial charge in [0.05, 0.1) is 28.7 Å². The monoisotopic (exact) mass is 443 g/mol. The molecule has 1 aliphatic heterocycles. The summed E-state index contributed by atoms with van der Waals surface area (Å²) in [7, 11) is 0. The number of thiazole rings is 1. The van der Waals surface area contributed by atoms with Gasteiger partial charge in [0.2, 0.25) is 5.91 Å². The van der Waals surface area contributed by atoms with Crippen LogP contribution in [0, 0.1) is 0 Å². The average Bonchev–Trinajstić information content (AvgIpc) is 3.42. The average molecular weight is 444 g/mol. The van der Waals surface area contributed by atoms with Crippen LogP contribution in [0.15, 0.2) is 60.0 Å². The summed E-state index contributed by atoms with van der Waals surface area (Å²) in [4.78, 5) is 31.8. The lowest BCUT2D eigenvalue weighted by molar-refractivity contribution is -0.124. The van der Waals surface area contributed by atoms with Crippen molar-refractivity contribution in [3.05, 3.63) is 76.3 Å². The first-order valence-electron chi connectivity index (χ1n) is 9.04. The smallest absolute Gasteiger partial charge is 0.256 e. The van der Waals surface area contributed by atoms with Crippen LogP contribution in [0.1, 0.15) is 16.1 Å². The van der Waals surface area contributed by atoms with Crippen LogP contribution in [-0.2, 0) is 11.3 Å². The molecule has 2 amide bonds. The molecule has 1 unspecified atom stereocenters. The Kier molecular flexibility index (Phi) is 6.18. The first kappa shape index (κ1) is 19.9. The highest BCUT2D eigenvalue weighted by Gasteiger charge is 2.35.